The van der Waals surface area contributed by atoms with Crippen molar-refractivity contribution in [2.24, 2.45) is 0 Å². The van der Waals surface area contributed by atoms with Gasteiger partial charge < -0.3 is 14.2 Å². The number of ether oxygens (including phenoxy) is 3. The lowest BCUT2D eigenvalue weighted by Crippen LogP contribution is -2.19. The van der Waals surface area contributed by atoms with Crippen molar-refractivity contribution in [1.29, 1.82) is 0 Å². The molecule has 18 heavy (non-hydrogen) atoms. The van der Waals surface area contributed by atoms with Crippen molar-refractivity contribution in [3.63, 3.8) is 0 Å². The molecule has 0 aliphatic carbocycles. The third-order valence-corrected chi connectivity index (χ3v) is 3.03. The van der Waals surface area contributed by atoms with Crippen LogP contribution >= 0.6 is 0 Å². The Balaban J connectivity index is 1.65. The largest absolute Gasteiger partial charge is 0.382 e. The Kier molecular flexibility index (Phi) is 5.11. The second kappa shape index (κ2) is 6.83. The lowest BCUT2D eigenvalue weighted by atomic mass is 10.2. The van der Waals surface area contributed by atoms with Gasteiger partial charge in [0.1, 0.15) is 5.82 Å². The van der Waals surface area contributed by atoms with E-state index in [9.17, 15) is 4.39 Å². The molecule has 1 aliphatic rings. The molecule has 100 valence electrons. The second-order valence-electron chi connectivity index (χ2n) is 4.55. The normalized spacial score (nSPS) is 23.4. The minimum absolute atomic E-state index is 0.158. The molecule has 1 saturated heterocycles. The van der Waals surface area contributed by atoms with E-state index in [0.29, 0.717) is 19.8 Å². The van der Waals surface area contributed by atoms with Crippen molar-refractivity contribution in [2.45, 2.75) is 31.7 Å². The van der Waals surface area contributed by atoms with Crippen molar-refractivity contribution in [1.82, 2.24) is 0 Å². The Morgan fingerprint density at radius 1 is 1.17 bits per heavy atom. The van der Waals surface area contributed by atoms with Gasteiger partial charge in [-0.25, -0.2) is 4.39 Å². The lowest BCUT2D eigenvalue weighted by molar-refractivity contribution is -0.0413. The number of methoxy groups -OCH3 is 1. The highest BCUT2D eigenvalue weighted by Gasteiger charge is 2.24. The summed E-state index contributed by atoms with van der Waals surface area (Å²) in [5.74, 6) is -0.222. The molecule has 0 N–H and O–H groups in total. The molecule has 0 amide bonds. The maximum absolute atomic E-state index is 12.7. The predicted octanol–water partition coefficient (Wildman–Crippen LogP) is 2.54. The summed E-state index contributed by atoms with van der Waals surface area (Å²) in [6.07, 6.45) is 2.40. The second-order valence-corrected chi connectivity index (χ2v) is 4.55. The molecule has 0 saturated carbocycles. The standard InChI is InChI=1S/C14H19FO3/c1-16-9-13-6-7-14(18-13)10-17-8-11-2-4-12(15)5-3-11/h2-5,13-14H,6-10H2,1H3. The first-order chi connectivity index (χ1) is 8.78. The van der Waals surface area contributed by atoms with Crippen molar-refractivity contribution in [3.05, 3.63) is 35.6 Å². The van der Waals surface area contributed by atoms with Crippen molar-refractivity contribution in [2.75, 3.05) is 20.3 Å². The van der Waals surface area contributed by atoms with Gasteiger partial charge in [-0.05, 0) is 30.5 Å². The monoisotopic (exact) mass is 254 g/mol. The van der Waals surface area contributed by atoms with Gasteiger partial charge in [0, 0.05) is 7.11 Å². The van der Waals surface area contributed by atoms with Crippen LogP contribution in [0.1, 0.15) is 18.4 Å². The number of hydrogen-bond acceptors (Lipinski definition) is 3. The first-order valence-electron chi connectivity index (χ1n) is 6.24. The van der Waals surface area contributed by atoms with Crippen LogP contribution in [0.3, 0.4) is 0 Å². The summed E-state index contributed by atoms with van der Waals surface area (Å²) in [7, 11) is 1.68. The van der Waals surface area contributed by atoms with E-state index in [1.807, 2.05) is 0 Å². The van der Waals surface area contributed by atoms with Gasteiger partial charge in [-0.2, -0.15) is 0 Å². The van der Waals surface area contributed by atoms with E-state index < -0.39 is 0 Å². The molecular formula is C14H19FO3. The molecule has 4 heteroatoms. The number of halogens is 1. The van der Waals surface area contributed by atoms with Gasteiger partial charge in [-0.3, -0.25) is 0 Å². The van der Waals surface area contributed by atoms with Crippen LogP contribution in [0.5, 0.6) is 0 Å². The maximum Gasteiger partial charge on any atom is 0.123 e. The molecular weight excluding hydrogens is 235 g/mol. The topological polar surface area (TPSA) is 27.7 Å². The molecule has 1 heterocycles. The highest BCUT2D eigenvalue weighted by atomic mass is 19.1. The van der Waals surface area contributed by atoms with E-state index in [1.54, 1.807) is 19.2 Å². The third kappa shape index (κ3) is 4.05. The molecule has 2 unspecified atom stereocenters. The average Bonchev–Trinajstić information content (AvgIpc) is 2.80. The highest BCUT2D eigenvalue weighted by molar-refractivity contribution is 5.14. The predicted molar refractivity (Wildman–Crippen MR) is 65.8 cm³/mol. The first kappa shape index (κ1) is 13.5. The number of hydrogen-bond donors (Lipinski definition) is 0. The van der Waals surface area contributed by atoms with Crippen molar-refractivity contribution >= 4 is 0 Å². The van der Waals surface area contributed by atoms with E-state index in [2.05, 4.69) is 0 Å². The molecule has 1 aliphatic heterocycles. The van der Waals surface area contributed by atoms with Crippen molar-refractivity contribution in [3.8, 4) is 0 Å². The molecule has 0 spiro atoms. The van der Waals surface area contributed by atoms with E-state index in [-0.39, 0.29) is 18.0 Å². The van der Waals surface area contributed by atoms with Crippen LogP contribution in [-0.4, -0.2) is 32.5 Å². The van der Waals surface area contributed by atoms with Crippen LogP contribution < -0.4 is 0 Å². The summed E-state index contributed by atoms with van der Waals surface area (Å²) in [4.78, 5) is 0. The smallest absolute Gasteiger partial charge is 0.123 e. The Hall–Kier alpha value is -0.970. The molecule has 0 aromatic heterocycles. The Morgan fingerprint density at radius 2 is 1.83 bits per heavy atom. The fourth-order valence-electron chi connectivity index (χ4n) is 2.10. The summed E-state index contributed by atoms with van der Waals surface area (Å²) >= 11 is 0. The fourth-order valence-corrected chi connectivity index (χ4v) is 2.10. The quantitative estimate of drug-likeness (QED) is 0.780. The van der Waals surface area contributed by atoms with Gasteiger partial charge in [0.05, 0.1) is 32.0 Å². The van der Waals surface area contributed by atoms with Crippen LogP contribution in [0.2, 0.25) is 0 Å². The molecule has 0 radical (unpaired) electrons. The third-order valence-electron chi connectivity index (χ3n) is 3.03. The van der Waals surface area contributed by atoms with Crippen LogP contribution in [0, 0.1) is 5.82 Å². The van der Waals surface area contributed by atoms with Crippen LogP contribution in [-0.2, 0) is 20.8 Å². The summed E-state index contributed by atoms with van der Waals surface area (Å²) in [5, 5.41) is 0. The Labute approximate surface area is 107 Å². The summed E-state index contributed by atoms with van der Waals surface area (Å²) < 4.78 is 29.1. The maximum atomic E-state index is 12.7. The lowest BCUT2D eigenvalue weighted by Gasteiger charge is -2.13. The van der Waals surface area contributed by atoms with Gasteiger partial charge in [-0.1, -0.05) is 12.1 Å². The zero-order chi connectivity index (χ0) is 12.8. The molecule has 0 bridgehead atoms. The van der Waals surface area contributed by atoms with Crippen LogP contribution in [0.15, 0.2) is 24.3 Å². The van der Waals surface area contributed by atoms with Crippen LogP contribution in [0.25, 0.3) is 0 Å². The van der Waals surface area contributed by atoms with E-state index in [1.165, 1.54) is 12.1 Å². The van der Waals surface area contributed by atoms with E-state index >= 15 is 0 Å². The van der Waals surface area contributed by atoms with Crippen molar-refractivity contribution < 1.29 is 18.6 Å². The molecule has 3 nitrogen and oxygen atoms in total. The minimum Gasteiger partial charge on any atom is -0.382 e. The fraction of sp³-hybridized carbons (Fsp3) is 0.571. The average molecular weight is 254 g/mol. The summed E-state index contributed by atoms with van der Waals surface area (Å²) in [6.45, 7) is 1.72. The molecule has 2 rings (SSSR count). The number of rotatable bonds is 6. The van der Waals surface area contributed by atoms with Gasteiger partial charge in [0.25, 0.3) is 0 Å². The Bertz CT molecular complexity index is 353. The van der Waals surface area contributed by atoms with Gasteiger partial charge in [0.2, 0.25) is 0 Å². The first-order valence-corrected chi connectivity index (χ1v) is 6.24. The highest BCUT2D eigenvalue weighted by Crippen LogP contribution is 2.20. The molecule has 1 fully saturated rings. The molecule has 1 aromatic rings. The molecule has 1 aromatic carbocycles. The number of benzene rings is 1. The summed E-state index contributed by atoms with van der Waals surface area (Å²) in [5.41, 5.74) is 0.975. The zero-order valence-electron chi connectivity index (χ0n) is 10.6. The SMILES string of the molecule is COCC1CCC(COCc2ccc(F)cc2)O1. The van der Waals surface area contributed by atoms with E-state index in [4.69, 9.17) is 14.2 Å². The van der Waals surface area contributed by atoms with Gasteiger partial charge in [-0.15, -0.1) is 0 Å². The van der Waals surface area contributed by atoms with Gasteiger partial charge >= 0.3 is 0 Å². The molecule has 2 atom stereocenters. The minimum atomic E-state index is -0.222. The van der Waals surface area contributed by atoms with Gasteiger partial charge in [0.15, 0.2) is 0 Å². The van der Waals surface area contributed by atoms with Crippen LogP contribution in [0.4, 0.5) is 4.39 Å². The van der Waals surface area contributed by atoms with E-state index in [0.717, 1.165) is 18.4 Å². The summed E-state index contributed by atoms with van der Waals surface area (Å²) in [6, 6.07) is 6.36. The Morgan fingerprint density at radius 3 is 2.50 bits per heavy atom. The zero-order valence-corrected chi connectivity index (χ0v) is 10.6.